The standard InChI is InChI=1S/C18H21NO3S/c1-18(2,3)19-17(20)15-10-7-11-16(12-15)23(21,22)13-14-8-5-4-6-9-14/h4-12H,13H2,1-3H3,(H,19,20). The minimum atomic E-state index is -3.49. The maximum Gasteiger partial charge on any atom is 0.251 e. The summed E-state index contributed by atoms with van der Waals surface area (Å²) < 4.78 is 25.1. The molecule has 23 heavy (non-hydrogen) atoms. The number of benzene rings is 2. The molecule has 0 aliphatic carbocycles. The summed E-state index contributed by atoms with van der Waals surface area (Å²) in [5.41, 5.74) is 0.682. The number of carbonyl (C=O) groups excluding carboxylic acids is 1. The van der Waals surface area contributed by atoms with Gasteiger partial charge in [-0.05, 0) is 44.5 Å². The second-order valence-corrected chi connectivity index (χ2v) is 8.47. The molecule has 0 spiro atoms. The second kappa shape index (κ2) is 6.54. The molecular formula is C18H21NO3S. The number of rotatable bonds is 4. The van der Waals surface area contributed by atoms with Gasteiger partial charge < -0.3 is 5.32 Å². The van der Waals surface area contributed by atoms with Crippen LogP contribution in [0.15, 0.2) is 59.5 Å². The van der Waals surface area contributed by atoms with Crippen molar-refractivity contribution in [2.45, 2.75) is 37.0 Å². The first-order valence-electron chi connectivity index (χ1n) is 7.37. The Balaban J connectivity index is 2.27. The lowest BCUT2D eigenvalue weighted by atomic mass is 10.1. The third kappa shape index (κ3) is 4.93. The molecule has 4 nitrogen and oxygen atoms in total. The first-order valence-corrected chi connectivity index (χ1v) is 9.02. The Labute approximate surface area is 137 Å². The zero-order valence-corrected chi connectivity index (χ0v) is 14.4. The molecular weight excluding hydrogens is 310 g/mol. The van der Waals surface area contributed by atoms with Gasteiger partial charge in [0.1, 0.15) is 0 Å². The molecule has 0 atom stereocenters. The van der Waals surface area contributed by atoms with Crippen molar-refractivity contribution in [2.75, 3.05) is 0 Å². The second-order valence-electron chi connectivity index (χ2n) is 6.48. The maximum atomic E-state index is 12.5. The summed E-state index contributed by atoms with van der Waals surface area (Å²) in [4.78, 5) is 12.3. The molecule has 1 amide bonds. The first kappa shape index (κ1) is 17.2. The van der Waals surface area contributed by atoms with Gasteiger partial charge in [0.15, 0.2) is 9.84 Å². The highest BCUT2D eigenvalue weighted by Crippen LogP contribution is 2.18. The Kier molecular flexibility index (Phi) is 4.90. The number of sulfone groups is 1. The summed E-state index contributed by atoms with van der Waals surface area (Å²) in [7, 11) is -3.49. The third-order valence-electron chi connectivity index (χ3n) is 3.14. The van der Waals surface area contributed by atoms with Crippen molar-refractivity contribution in [1.82, 2.24) is 5.32 Å². The van der Waals surface area contributed by atoms with Crippen LogP contribution in [0.2, 0.25) is 0 Å². The van der Waals surface area contributed by atoms with Crippen molar-refractivity contribution in [3.8, 4) is 0 Å². The summed E-state index contributed by atoms with van der Waals surface area (Å²) in [6, 6.07) is 15.1. The number of nitrogens with one attached hydrogen (secondary N) is 1. The van der Waals surface area contributed by atoms with Gasteiger partial charge in [-0.2, -0.15) is 0 Å². The van der Waals surface area contributed by atoms with Crippen molar-refractivity contribution < 1.29 is 13.2 Å². The van der Waals surface area contributed by atoms with E-state index in [4.69, 9.17) is 0 Å². The molecule has 1 N–H and O–H groups in total. The molecule has 0 radical (unpaired) electrons. The van der Waals surface area contributed by atoms with Crippen LogP contribution in [0.5, 0.6) is 0 Å². The van der Waals surface area contributed by atoms with Crippen LogP contribution in [0.25, 0.3) is 0 Å². The van der Waals surface area contributed by atoms with E-state index >= 15 is 0 Å². The highest BCUT2D eigenvalue weighted by Gasteiger charge is 2.19. The van der Waals surface area contributed by atoms with Gasteiger partial charge in [0.25, 0.3) is 5.91 Å². The molecule has 5 heteroatoms. The van der Waals surface area contributed by atoms with E-state index in [-0.39, 0.29) is 22.1 Å². The minimum Gasteiger partial charge on any atom is -0.347 e. The third-order valence-corrected chi connectivity index (χ3v) is 4.83. The van der Waals surface area contributed by atoms with Crippen LogP contribution >= 0.6 is 0 Å². The van der Waals surface area contributed by atoms with Crippen molar-refractivity contribution in [1.29, 1.82) is 0 Å². The van der Waals surface area contributed by atoms with E-state index in [9.17, 15) is 13.2 Å². The van der Waals surface area contributed by atoms with Crippen LogP contribution < -0.4 is 5.32 Å². The summed E-state index contributed by atoms with van der Waals surface area (Å²) >= 11 is 0. The predicted octanol–water partition coefficient (Wildman–Crippen LogP) is 3.19. The molecule has 0 saturated carbocycles. The van der Waals surface area contributed by atoms with Crippen LogP contribution in [-0.4, -0.2) is 19.9 Å². The number of hydrogen-bond donors (Lipinski definition) is 1. The van der Waals surface area contributed by atoms with Crippen molar-refractivity contribution in [3.63, 3.8) is 0 Å². The number of carbonyl (C=O) groups is 1. The van der Waals surface area contributed by atoms with Crippen molar-refractivity contribution >= 4 is 15.7 Å². The summed E-state index contributed by atoms with van der Waals surface area (Å²) in [6.07, 6.45) is 0. The molecule has 0 bridgehead atoms. The van der Waals surface area contributed by atoms with Gasteiger partial charge in [-0.1, -0.05) is 36.4 Å². The average molecular weight is 331 g/mol. The fraction of sp³-hybridized carbons (Fsp3) is 0.278. The van der Waals surface area contributed by atoms with Gasteiger partial charge in [0, 0.05) is 11.1 Å². The molecule has 0 unspecified atom stereocenters. The summed E-state index contributed by atoms with van der Waals surface area (Å²) in [6.45, 7) is 5.63. The number of amides is 1. The van der Waals surface area contributed by atoms with Crippen LogP contribution in [0.4, 0.5) is 0 Å². The van der Waals surface area contributed by atoms with E-state index in [1.807, 2.05) is 26.8 Å². The van der Waals surface area contributed by atoms with Crippen molar-refractivity contribution in [3.05, 3.63) is 65.7 Å². The van der Waals surface area contributed by atoms with E-state index in [0.29, 0.717) is 5.56 Å². The monoisotopic (exact) mass is 331 g/mol. The van der Waals surface area contributed by atoms with Gasteiger partial charge in [-0.15, -0.1) is 0 Å². The maximum absolute atomic E-state index is 12.5. The van der Waals surface area contributed by atoms with E-state index in [1.54, 1.807) is 36.4 Å². The van der Waals surface area contributed by atoms with Gasteiger partial charge in [0.05, 0.1) is 10.6 Å². The Hall–Kier alpha value is -2.14. The number of hydrogen-bond acceptors (Lipinski definition) is 3. The molecule has 0 aliphatic rings. The summed E-state index contributed by atoms with van der Waals surface area (Å²) in [5.74, 6) is -0.368. The van der Waals surface area contributed by atoms with E-state index in [0.717, 1.165) is 5.56 Å². The molecule has 0 aliphatic heterocycles. The molecule has 0 saturated heterocycles. The van der Waals surface area contributed by atoms with Gasteiger partial charge in [0.2, 0.25) is 0 Å². The van der Waals surface area contributed by atoms with Gasteiger partial charge in [-0.3, -0.25) is 4.79 Å². The summed E-state index contributed by atoms with van der Waals surface area (Å²) in [5, 5.41) is 2.83. The molecule has 0 fully saturated rings. The van der Waals surface area contributed by atoms with E-state index < -0.39 is 9.84 Å². The Morgan fingerprint density at radius 3 is 2.26 bits per heavy atom. The predicted molar refractivity (Wildman–Crippen MR) is 91.0 cm³/mol. The highest BCUT2D eigenvalue weighted by atomic mass is 32.2. The quantitative estimate of drug-likeness (QED) is 0.936. The lowest BCUT2D eigenvalue weighted by molar-refractivity contribution is 0.0919. The first-order chi connectivity index (χ1) is 10.7. The zero-order chi connectivity index (χ0) is 17.1. The Morgan fingerprint density at radius 1 is 1.00 bits per heavy atom. The Bertz CT molecular complexity index is 791. The van der Waals surface area contributed by atoms with Gasteiger partial charge in [-0.25, -0.2) is 8.42 Å². The van der Waals surface area contributed by atoms with Crippen LogP contribution in [0.1, 0.15) is 36.7 Å². The average Bonchev–Trinajstić information content (AvgIpc) is 2.46. The zero-order valence-electron chi connectivity index (χ0n) is 13.5. The van der Waals surface area contributed by atoms with Crippen LogP contribution in [-0.2, 0) is 15.6 Å². The fourth-order valence-electron chi connectivity index (χ4n) is 2.12. The van der Waals surface area contributed by atoms with Crippen LogP contribution in [0, 0.1) is 0 Å². The molecule has 2 rings (SSSR count). The molecule has 2 aromatic rings. The molecule has 2 aromatic carbocycles. The topological polar surface area (TPSA) is 63.2 Å². The smallest absolute Gasteiger partial charge is 0.251 e. The lowest BCUT2D eigenvalue weighted by Gasteiger charge is -2.20. The molecule has 0 aromatic heterocycles. The van der Waals surface area contributed by atoms with E-state index in [2.05, 4.69) is 5.32 Å². The van der Waals surface area contributed by atoms with Crippen LogP contribution in [0.3, 0.4) is 0 Å². The largest absolute Gasteiger partial charge is 0.347 e. The van der Waals surface area contributed by atoms with Gasteiger partial charge >= 0.3 is 0 Å². The molecule has 0 heterocycles. The minimum absolute atomic E-state index is 0.0851. The molecule has 122 valence electrons. The van der Waals surface area contributed by atoms with E-state index in [1.165, 1.54) is 12.1 Å². The Morgan fingerprint density at radius 2 is 1.65 bits per heavy atom. The fourth-order valence-corrected chi connectivity index (χ4v) is 3.51. The highest BCUT2D eigenvalue weighted by molar-refractivity contribution is 7.90. The SMILES string of the molecule is CC(C)(C)NC(=O)c1cccc(S(=O)(=O)Cc2ccccc2)c1. The van der Waals surface area contributed by atoms with Crippen molar-refractivity contribution in [2.24, 2.45) is 0 Å². The lowest BCUT2D eigenvalue weighted by Crippen LogP contribution is -2.40. The normalized spacial score (nSPS) is 12.0.